The van der Waals surface area contributed by atoms with Crippen LogP contribution in [-0.2, 0) is 12.8 Å². The van der Waals surface area contributed by atoms with Gasteiger partial charge in [-0.2, -0.15) is 0 Å². The molecule has 0 aliphatic carbocycles. The molecule has 0 bridgehead atoms. The number of aromatic nitrogens is 4. The van der Waals surface area contributed by atoms with Gasteiger partial charge in [-0.1, -0.05) is 66.7 Å². The molecule has 5 rings (SSSR count). The molecule has 2 aliphatic rings. The summed E-state index contributed by atoms with van der Waals surface area (Å²) in [7, 11) is 0. The van der Waals surface area contributed by atoms with Crippen molar-refractivity contribution in [2.75, 3.05) is 0 Å². The molecule has 5 heteroatoms. The first kappa shape index (κ1) is 18.1. The van der Waals surface area contributed by atoms with Crippen molar-refractivity contribution >= 4 is 0 Å². The van der Waals surface area contributed by atoms with Gasteiger partial charge < -0.3 is 4.98 Å². The summed E-state index contributed by atoms with van der Waals surface area (Å²) in [4.78, 5) is 25.6. The average Bonchev–Trinajstić information content (AvgIpc) is 3.11. The molecule has 30 heavy (non-hydrogen) atoms. The molecule has 0 radical (unpaired) electrons. The van der Waals surface area contributed by atoms with Gasteiger partial charge in [-0.25, -0.2) is 4.98 Å². The Morgan fingerprint density at radius 1 is 0.833 bits per heavy atom. The maximum absolute atomic E-state index is 13.2. The van der Waals surface area contributed by atoms with E-state index in [0.29, 0.717) is 24.4 Å². The number of hydrogen-bond acceptors (Lipinski definition) is 3. The van der Waals surface area contributed by atoms with E-state index in [4.69, 9.17) is 4.98 Å². The quantitative estimate of drug-likeness (QED) is 0.487. The number of nitrogens with one attached hydrogen (secondary N) is 1. The summed E-state index contributed by atoms with van der Waals surface area (Å²) in [6, 6.07) is 24.1. The zero-order valence-corrected chi connectivity index (χ0v) is 16.3. The Bertz CT molecular complexity index is 1290. The van der Waals surface area contributed by atoms with Crippen molar-refractivity contribution in [1.29, 1.82) is 0 Å². The van der Waals surface area contributed by atoms with Gasteiger partial charge in [0.15, 0.2) is 5.82 Å². The first-order chi connectivity index (χ1) is 14.8. The Kier molecular flexibility index (Phi) is 4.69. The molecule has 2 aromatic carbocycles. The molecule has 0 spiro atoms. The standard InChI is InChI=1S/C25H20N4O/c30-25-22(15-19-10-7-13-26-16-19)28-24-21(14-18-8-3-1-4-9-18)27-23(17-29(24)25)20-11-5-2-6-12-20/h1-13,16-17,27H,14-15H2. The van der Waals surface area contributed by atoms with Crippen LogP contribution >= 0.6 is 0 Å². The third-order valence-corrected chi connectivity index (χ3v) is 5.15. The SMILES string of the molecule is O=c1c(Cc2cccnc2)nc2c(Cc3ccccc3)[nH]c(-c3ccccc3)cn1-2. The highest BCUT2D eigenvalue weighted by atomic mass is 16.1. The van der Waals surface area contributed by atoms with Crippen molar-refractivity contribution in [3.8, 4) is 17.1 Å². The summed E-state index contributed by atoms with van der Waals surface area (Å²) in [6.07, 6.45) is 6.47. The molecule has 0 atom stereocenters. The molecule has 3 aromatic rings. The summed E-state index contributed by atoms with van der Waals surface area (Å²) in [6.45, 7) is 0. The van der Waals surface area contributed by atoms with Crippen LogP contribution in [0, 0.1) is 0 Å². The second kappa shape index (κ2) is 7.79. The number of nitrogens with zero attached hydrogens (tertiary/aromatic N) is 3. The predicted octanol–water partition coefficient (Wildman–Crippen LogP) is 4.24. The summed E-state index contributed by atoms with van der Waals surface area (Å²) in [5.74, 6) is 0.669. The highest BCUT2D eigenvalue weighted by Gasteiger charge is 2.20. The highest BCUT2D eigenvalue weighted by molar-refractivity contribution is 5.60. The Hall–Kier alpha value is -3.99. The van der Waals surface area contributed by atoms with Gasteiger partial charge in [0, 0.05) is 31.4 Å². The fourth-order valence-electron chi connectivity index (χ4n) is 3.68. The zero-order chi connectivity index (χ0) is 20.3. The van der Waals surface area contributed by atoms with Gasteiger partial charge in [0.2, 0.25) is 0 Å². The van der Waals surface area contributed by atoms with Crippen LogP contribution in [0.1, 0.15) is 22.5 Å². The number of H-pyrrole nitrogens is 1. The topological polar surface area (TPSA) is 63.6 Å². The van der Waals surface area contributed by atoms with E-state index in [0.717, 1.165) is 28.1 Å². The maximum Gasteiger partial charge on any atom is 0.278 e. The minimum Gasteiger partial charge on any atom is -0.354 e. The molecule has 0 fully saturated rings. The van der Waals surface area contributed by atoms with E-state index < -0.39 is 0 Å². The fourth-order valence-corrected chi connectivity index (χ4v) is 3.68. The van der Waals surface area contributed by atoms with Gasteiger partial charge in [-0.3, -0.25) is 14.3 Å². The van der Waals surface area contributed by atoms with E-state index in [1.165, 1.54) is 0 Å². The lowest BCUT2D eigenvalue weighted by molar-refractivity contribution is 0.914. The lowest BCUT2D eigenvalue weighted by atomic mass is 10.1. The third-order valence-electron chi connectivity index (χ3n) is 5.15. The van der Waals surface area contributed by atoms with E-state index in [1.807, 2.05) is 66.9 Å². The maximum atomic E-state index is 13.2. The van der Waals surface area contributed by atoms with Gasteiger partial charge >= 0.3 is 0 Å². The Morgan fingerprint density at radius 2 is 1.57 bits per heavy atom. The molecule has 146 valence electrons. The Balaban J connectivity index is 1.65. The predicted molar refractivity (Wildman–Crippen MR) is 117 cm³/mol. The second-order valence-corrected chi connectivity index (χ2v) is 7.27. The number of aromatic amines is 1. The van der Waals surface area contributed by atoms with Crippen LogP contribution in [-0.4, -0.2) is 19.5 Å². The molecule has 1 N–H and O–H groups in total. The van der Waals surface area contributed by atoms with Gasteiger partial charge in [-0.15, -0.1) is 0 Å². The smallest absolute Gasteiger partial charge is 0.278 e. The van der Waals surface area contributed by atoms with E-state index in [1.54, 1.807) is 17.0 Å². The lowest BCUT2D eigenvalue weighted by Crippen LogP contribution is -2.17. The van der Waals surface area contributed by atoms with Crippen LogP contribution in [0.4, 0.5) is 0 Å². The third kappa shape index (κ3) is 3.53. The Morgan fingerprint density at radius 3 is 2.30 bits per heavy atom. The molecule has 0 saturated carbocycles. The summed E-state index contributed by atoms with van der Waals surface area (Å²) in [5.41, 5.74) is 5.38. The van der Waals surface area contributed by atoms with Crippen LogP contribution in [0.25, 0.3) is 17.1 Å². The summed E-state index contributed by atoms with van der Waals surface area (Å²) < 4.78 is 1.67. The molecule has 5 nitrogen and oxygen atoms in total. The van der Waals surface area contributed by atoms with Crippen molar-refractivity contribution in [1.82, 2.24) is 19.5 Å². The van der Waals surface area contributed by atoms with E-state index in [2.05, 4.69) is 22.1 Å². The normalized spacial score (nSPS) is 11.1. The number of hydrogen-bond donors (Lipinski definition) is 1. The zero-order valence-electron chi connectivity index (χ0n) is 16.3. The van der Waals surface area contributed by atoms with E-state index >= 15 is 0 Å². The highest BCUT2D eigenvalue weighted by Crippen LogP contribution is 2.23. The molecule has 2 aliphatic heterocycles. The molecule has 0 unspecified atom stereocenters. The molecule has 3 heterocycles. The van der Waals surface area contributed by atoms with Crippen molar-refractivity contribution in [3.05, 3.63) is 124 Å². The van der Waals surface area contributed by atoms with Crippen LogP contribution in [0.2, 0.25) is 0 Å². The van der Waals surface area contributed by atoms with Gasteiger partial charge in [0.25, 0.3) is 5.56 Å². The van der Waals surface area contributed by atoms with Crippen LogP contribution in [0.3, 0.4) is 0 Å². The van der Waals surface area contributed by atoms with E-state index in [-0.39, 0.29) is 5.56 Å². The van der Waals surface area contributed by atoms with Gasteiger partial charge in [0.1, 0.15) is 5.69 Å². The number of imidazole rings is 1. The molecular weight excluding hydrogens is 372 g/mol. The summed E-state index contributed by atoms with van der Waals surface area (Å²) in [5, 5.41) is 0. The molecule has 1 aromatic heterocycles. The minimum atomic E-state index is -0.0886. The molecule has 0 amide bonds. The number of pyridine rings is 1. The van der Waals surface area contributed by atoms with Crippen molar-refractivity contribution in [2.24, 2.45) is 0 Å². The van der Waals surface area contributed by atoms with E-state index in [9.17, 15) is 4.79 Å². The average molecular weight is 392 g/mol. The Labute approximate surface area is 174 Å². The van der Waals surface area contributed by atoms with Crippen LogP contribution in [0.5, 0.6) is 0 Å². The van der Waals surface area contributed by atoms with Crippen LogP contribution < -0.4 is 5.56 Å². The number of fused-ring (bicyclic) bond motifs is 1. The van der Waals surface area contributed by atoms with Crippen molar-refractivity contribution in [3.63, 3.8) is 0 Å². The van der Waals surface area contributed by atoms with Gasteiger partial charge in [0.05, 0.1) is 11.4 Å². The first-order valence-corrected chi connectivity index (χ1v) is 9.89. The largest absolute Gasteiger partial charge is 0.354 e. The summed E-state index contributed by atoms with van der Waals surface area (Å²) >= 11 is 0. The first-order valence-electron chi connectivity index (χ1n) is 9.89. The monoisotopic (exact) mass is 392 g/mol. The molecular formula is C25H20N4O. The minimum absolute atomic E-state index is 0.0886. The lowest BCUT2D eigenvalue weighted by Gasteiger charge is -2.13. The van der Waals surface area contributed by atoms with Crippen molar-refractivity contribution in [2.45, 2.75) is 12.8 Å². The second-order valence-electron chi connectivity index (χ2n) is 7.27. The fraction of sp³-hybridized carbons (Fsp3) is 0.0800. The van der Waals surface area contributed by atoms with Crippen molar-refractivity contribution < 1.29 is 0 Å². The number of benzene rings is 2. The molecule has 0 saturated heterocycles. The van der Waals surface area contributed by atoms with Gasteiger partial charge in [-0.05, 0) is 22.8 Å². The number of rotatable bonds is 5. The van der Waals surface area contributed by atoms with Crippen LogP contribution in [0.15, 0.2) is 96.2 Å².